The third-order valence-electron chi connectivity index (χ3n) is 2.65. The molecule has 0 aliphatic carbocycles. The van der Waals surface area contributed by atoms with Crippen molar-refractivity contribution in [2.24, 2.45) is 5.73 Å². The van der Waals surface area contributed by atoms with Crippen LogP contribution in [0.4, 0.5) is 11.5 Å². The number of hydrogen-bond donors (Lipinski definition) is 2. The van der Waals surface area contributed by atoms with Crippen molar-refractivity contribution in [3.8, 4) is 5.82 Å². The molecule has 0 bridgehead atoms. The Balaban J connectivity index is 1.95. The highest BCUT2D eigenvalue weighted by molar-refractivity contribution is 6.29. The highest BCUT2D eigenvalue weighted by Crippen LogP contribution is 2.20. The molecule has 0 aliphatic rings. The number of carbonyl (C=O) groups excluding carboxylic acids is 1. The van der Waals surface area contributed by atoms with E-state index in [9.17, 15) is 4.79 Å². The first kappa shape index (κ1) is 13.9. The van der Waals surface area contributed by atoms with Gasteiger partial charge in [-0.2, -0.15) is 0 Å². The Morgan fingerprint density at radius 2 is 2.18 bits per heavy atom. The first-order valence-corrected chi connectivity index (χ1v) is 6.45. The molecule has 0 saturated heterocycles. The molecule has 0 unspecified atom stereocenters. The largest absolute Gasteiger partial charge is 0.364 e. The minimum Gasteiger partial charge on any atom is -0.364 e. The summed E-state index contributed by atoms with van der Waals surface area (Å²) in [6, 6.07) is 6.68. The first-order chi connectivity index (χ1) is 10.6. The fourth-order valence-electron chi connectivity index (χ4n) is 1.73. The summed E-state index contributed by atoms with van der Waals surface area (Å²) in [7, 11) is 0. The molecule has 0 saturated carbocycles. The van der Waals surface area contributed by atoms with Gasteiger partial charge in [0.25, 0.3) is 5.91 Å². The monoisotopic (exact) mass is 316 g/mol. The van der Waals surface area contributed by atoms with Crippen molar-refractivity contribution in [2.45, 2.75) is 0 Å². The number of nitrogens with two attached hydrogens (primary N) is 1. The number of aromatic nitrogens is 6. The van der Waals surface area contributed by atoms with Crippen molar-refractivity contribution < 1.29 is 4.79 Å². The maximum absolute atomic E-state index is 11.4. The standard InChI is InChI=1S/C12H9ClN8O/c13-8-6-7(11(12(14)22)19-18-8)16-9-2-1-3-10(17-9)21-5-4-15-20-21/h1-6H,(H2,14,22)(H,16,17,18). The van der Waals surface area contributed by atoms with E-state index >= 15 is 0 Å². The summed E-state index contributed by atoms with van der Waals surface area (Å²) in [6.45, 7) is 0. The molecular weight excluding hydrogens is 308 g/mol. The average molecular weight is 317 g/mol. The second-order valence-corrected chi connectivity index (χ2v) is 4.53. The normalized spacial score (nSPS) is 10.4. The summed E-state index contributed by atoms with van der Waals surface area (Å²) in [5.74, 6) is 0.287. The minimum absolute atomic E-state index is 0.0302. The molecule has 0 spiro atoms. The summed E-state index contributed by atoms with van der Waals surface area (Å²) in [4.78, 5) is 15.7. The first-order valence-electron chi connectivity index (χ1n) is 6.07. The number of amides is 1. The van der Waals surface area contributed by atoms with Gasteiger partial charge in [0.15, 0.2) is 16.7 Å². The molecule has 0 aliphatic heterocycles. The SMILES string of the molecule is NC(=O)c1nnc(Cl)cc1Nc1cccc(-n2ccnn2)n1. The molecule has 1 amide bonds. The Bertz CT molecular complexity index is 820. The van der Waals surface area contributed by atoms with Crippen LogP contribution in [-0.4, -0.2) is 36.1 Å². The quantitative estimate of drug-likeness (QED) is 0.734. The number of carbonyl (C=O) groups is 1. The molecule has 3 aromatic rings. The van der Waals surface area contributed by atoms with Gasteiger partial charge in [0, 0.05) is 6.07 Å². The zero-order chi connectivity index (χ0) is 15.5. The van der Waals surface area contributed by atoms with Gasteiger partial charge < -0.3 is 11.1 Å². The van der Waals surface area contributed by atoms with E-state index in [-0.39, 0.29) is 10.8 Å². The summed E-state index contributed by atoms with van der Waals surface area (Å²) in [6.07, 6.45) is 3.20. The molecule has 3 heterocycles. The lowest BCUT2D eigenvalue weighted by Crippen LogP contribution is -2.16. The Morgan fingerprint density at radius 3 is 2.91 bits per heavy atom. The van der Waals surface area contributed by atoms with Gasteiger partial charge in [0.1, 0.15) is 5.82 Å². The maximum atomic E-state index is 11.4. The van der Waals surface area contributed by atoms with Gasteiger partial charge in [0.2, 0.25) is 0 Å². The van der Waals surface area contributed by atoms with E-state index in [2.05, 4.69) is 30.8 Å². The highest BCUT2D eigenvalue weighted by atomic mass is 35.5. The molecule has 0 atom stereocenters. The van der Waals surface area contributed by atoms with Crippen molar-refractivity contribution in [3.05, 3.63) is 47.5 Å². The zero-order valence-electron chi connectivity index (χ0n) is 11.0. The van der Waals surface area contributed by atoms with Gasteiger partial charge in [-0.15, -0.1) is 15.3 Å². The van der Waals surface area contributed by atoms with Crippen molar-refractivity contribution in [1.29, 1.82) is 0 Å². The van der Waals surface area contributed by atoms with Gasteiger partial charge in [0.05, 0.1) is 18.1 Å². The molecule has 0 fully saturated rings. The second kappa shape index (κ2) is 5.74. The molecule has 3 N–H and O–H groups in total. The lowest BCUT2D eigenvalue weighted by molar-refractivity contribution is 0.0995. The van der Waals surface area contributed by atoms with E-state index in [1.54, 1.807) is 30.6 Å². The smallest absolute Gasteiger partial charge is 0.271 e. The Kier molecular flexibility index (Phi) is 3.62. The predicted molar refractivity (Wildman–Crippen MR) is 78.0 cm³/mol. The van der Waals surface area contributed by atoms with Gasteiger partial charge in [-0.1, -0.05) is 22.9 Å². The highest BCUT2D eigenvalue weighted by Gasteiger charge is 2.13. The van der Waals surface area contributed by atoms with Crippen molar-refractivity contribution in [1.82, 2.24) is 30.2 Å². The molecule has 10 heteroatoms. The third kappa shape index (κ3) is 2.83. The Morgan fingerprint density at radius 1 is 1.32 bits per heavy atom. The molecular formula is C12H9ClN8O. The van der Waals surface area contributed by atoms with E-state index in [1.807, 2.05) is 0 Å². The van der Waals surface area contributed by atoms with Crippen molar-refractivity contribution >= 4 is 29.0 Å². The van der Waals surface area contributed by atoms with E-state index < -0.39 is 5.91 Å². The molecule has 22 heavy (non-hydrogen) atoms. The zero-order valence-corrected chi connectivity index (χ0v) is 11.8. The van der Waals surface area contributed by atoms with E-state index in [1.165, 1.54) is 10.7 Å². The predicted octanol–water partition coefficient (Wildman–Crippen LogP) is 0.948. The maximum Gasteiger partial charge on any atom is 0.271 e. The van der Waals surface area contributed by atoms with E-state index in [0.717, 1.165) is 0 Å². The third-order valence-corrected chi connectivity index (χ3v) is 2.84. The van der Waals surface area contributed by atoms with Crippen LogP contribution < -0.4 is 11.1 Å². The van der Waals surface area contributed by atoms with Crippen LogP contribution in [0, 0.1) is 0 Å². The van der Waals surface area contributed by atoms with Crippen LogP contribution in [0.25, 0.3) is 5.82 Å². The Labute approximate surface area is 129 Å². The van der Waals surface area contributed by atoms with Crippen LogP contribution in [-0.2, 0) is 0 Å². The molecule has 0 radical (unpaired) electrons. The summed E-state index contributed by atoms with van der Waals surface area (Å²) < 4.78 is 1.50. The molecule has 9 nitrogen and oxygen atoms in total. The fraction of sp³-hybridized carbons (Fsp3) is 0. The topological polar surface area (TPSA) is 125 Å². The van der Waals surface area contributed by atoms with Crippen LogP contribution in [0.3, 0.4) is 0 Å². The number of halogens is 1. The molecule has 3 rings (SSSR count). The van der Waals surface area contributed by atoms with Gasteiger partial charge in [-0.3, -0.25) is 4.79 Å². The fourth-order valence-corrected chi connectivity index (χ4v) is 1.88. The lowest BCUT2D eigenvalue weighted by Gasteiger charge is -2.09. The summed E-state index contributed by atoms with van der Waals surface area (Å²) >= 11 is 5.79. The number of nitrogens with one attached hydrogen (secondary N) is 1. The lowest BCUT2D eigenvalue weighted by atomic mass is 10.3. The second-order valence-electron chi connectivity index (χ2n) is 4.15. The van der Waals surface area contributed by atoms with Crippen LogP contribution in [0.2, 0.25) is 5.15 Å². The van der Waals surface area contributed by atoms with Gasteiger partial charge >= 0.3 is 0 Å². The van der Waals surface area contributed by atoms with Crippen LogP contribution in [0.1, 0.15) is 10.5 Å². The molecule has 0 aromatic carbocycles. The number of rotatable bonds is 4. The number of pyridine rings is 1. The van der Waals surface area contributed by atoms with Crippen LogP contribution in [0.5, 0.6) is 0 Å². The number of anilines is 2. The van der Waals surface area contributed by atoms with Crippen molar-refractivity contribution in [2.75, 3.05) is 5.32 Å². The molecule has 3 aromatic heterocycles. The molecule has 110 valence electrons. The summed E-state index contributed by atoms with van der Waals surface area (Å²) in [5, 5.41) is 17.9. The van der Waals surface area contributed by atoms with Gasteiger partial charge in [-0.25, -0.2) is 9.67 Å². The van der Waals surface area contributed by atoms with Crippen molar-refractivity contribution in [3.63, 3.8) is 0 Å². The minimum atomic E-state index is -0.723. The summed E-state index contributed by atoms with van der Waals surface area (Å²) in [5.41, 5.74) is 5.54. The average Bonchev–Trinajstić information content (AvgIpc) is 3.01. The Hall–Kier alpha value is -3.07. The van der Waals surface area contributed by atoms with Gasteiger partial charge in [-0.05, 0) is 12.1 Å². The number of primary amides is 1. The number of nitrogens with zero attached hydrogens (tertiary/aromatic N) is 6. The van der Waals surface area contributed by atoms with E-state index in [4.69, 9.17) is 17.3 Å². The van der Waals surface area contributed by atoms with E-state index in [0.29, 0.717) is 17.3 Å². The van der Waals surface area contributed by atoms with Crippen LogP contribution in [0.15, 0.2) is 36.7 Å². The number of hydrogen-bond acceptors (Lipinski definition) is 7. The van der Waals surface area contributed by atoms with Crippen LogP contribution >= 0.6 is 11.6 Å².